The third-order valence-corrected chi connectivity index (χ3v) is 7.20. The minimum Gasteiger partial charge on any atom is -0.506 e. The van der Waals surface area contributed by atoms with Gasteiger partial charge in [0, 0.05) is 9.13 Å². The summed E-state index contributed by atoms with van der Waals surface area (Å²) < 4.78 is 3.17. The van der Waals surface area contributed by atoms with Crippen molar-refractivity contribution in [3.05, 3.63) is 89.3 Å². The van der Waals surface area contributed by atoms with E-state index < -0.39 is 0 Å². The number of hydrogen-bond acceptors (Lipinski definition) is 6. The van der Waals surface area contributed by atoms with Crippen molar-refractivity contribution in [3.63, 3.8) is 0 Å². The number of phenols is 1. The lowest BCUT2D eigenvalue weighted by atomic mass is 10.2. The minimum atomic E-state index is -0.362. The number of aromatic nitrogens is 2. The van der Waals surface area contributed by atoms with Crippen molar-refractivity contribution >= 4 is 80.0 Å². The molecule has 0 saturated heterocycles. The number of carbonyl (C=O) groups is 1. The Bertz CT molecular complexity index is 1470. The molecule has 1 aromatic heterocycles. The van der Waals surface area contributed by atoms with Crippen LogP contribution in [-0.4, -0.2) is 32.5 Å². The molecule has 0 aliphatic carbocycles. The Morgan fingerprint density at radius 3 is 2.68 bits per heavy atom. The molecule has 0 unspecified atom stereocenters. The number of thioether (sulfide) groups is 1. The van der Waals surface area contributed by atoms with Crippen LogP contribution in [0.2, 0.25) is 0 Å². The summed E-state index contributed by atoms with van der Waals surface area (Å²) in [7, 11) is 0. The number of benzene rings is 3. The summed E-state index contributed by atoms with van der Waals surface area (Å²) in [6, 6.07) is 18.3. The minimum absolute atomic E-state index is 0.00379. The molecule has 34 heavy (non-hydrogen) atoms. The molecule has 4 aromatic rings. The first-order valence-corrected chi connectivity index (χ1v) is 13.2. The van der Waals surface area contributed by atoms with Crippen LogP contribution in [-0.2, 0) is 4.79 Å². The number of hydrogen-bond donors (Lipinski definition) is 2. The fourth-order valence-electron chi connectivity index (χ4n) is 3.15. The smallest absolute Gasteiger partial charge is 0.266 e. The second-order valence-electron chi connectivity index (χ2n) is 7.29. The van der Waals surface area contributed by atoms with Gasteiger partial charge >= 0.3 is 0 Å². The molecule has 4 rings (SSSR count). The van der Waals surface area contributed by atoms with Gasteiger partial charge in [0.15, 0.2) is 5.16 Å². The summed E-state index contributed by atoms with van der Waals surface area (Å²) in [5.74, 6) is -0.251. The third kappa shape index (κ3) is 5.61. The first kappa shape index (κ1) is 24.7. The lowest BCUT2D eigenvalue weighted by molar-refractivity contribution is -0.118. The van der Waals surface area contributed by atoms with E-state index in [9.17, 15) is 14.7 Å². The number of halogens is 2. The normalized spacial score (nSPS) is 11.3. The number of nitrogens with zero attached hydrogens (tertiary/aromatic N) is 3. The first-order valence-electron chi connectivity index (χ1n) is 10.0. The summed E-state index contributed by atoms with van der Waals surface area (Å²) in [5.41, 5.74) is 5.10. The van der Waals surface area contributed by atoms with E-state index in [2.05, 4.69) is 38.1 Å². The summed E-state index contributed by atoms with van der Waals surface area (Å²) in [6.45, 7) is 1.97. The zero-order valence-corrected chi connectivity index (χ0v) is 23.0. The number of nitrogens with one attached hydrogen (secondary N) is 1. The van der Waals surface area contributed by atoms with Gasteiger partial charge in [-0.3, -0.25) is 14.2 Å². The molecule has 1 amide bonds. The van der Waals surface area contributed by atoms with Crippen molar-refractivity contribution in [1.82, 2.24) is 15.0 Å². The molecule has 0 atom stereocenters. The van der Waals surface area contributed by atoms with Crippen molar-refractivity contribution in [2.75, 3.05) is 5.75 Å². The van der Waals surface area contributed by atoms with Crippen LogP contribution in [0.1, 0.15) is 11.1 Å². The van der Waals surface area contributed by atoms with Gasteiger partial charge in [0.05, 0.1) is 32.1 Å². The zero-order valence-electron chi connectivity index (χ0n) is 17.8. The number of hydrazone groups is 1. The number of fused-ring (bicyclic) bond motifs is 1. The predicted octanol–water partition coefficient (Wildman–Crippen LogP) is 4.85. The number of aromatic hydroxyl groups is 1. The van der Waals surface area contributed by atoms with E-state index in [1.165, 1.54) is 10.8 Å². The van der Waals surface area contributed by atoms with Crippen LogP contribution in [0.15, 0.2) is 75.7 Å². The highest BCUT2D eigenvalue weighted by molar-refractivity contribution is 14.1. The Hall–Kier alpha value is -2.45. The van der Waals surface area contributed by atoms with Gasteiger partial charge in [0.1, 0.15) is 5.75 Å². The second-order valence-corrected chi connectivity index (χ2v) is 10.6. The monoisotopic (exact) mass is 696 g/mol. The van der Waals surface area contributed by atoms with Gasteiger partial charge in [-0.1, -0.05) is 41.6 Å². The number of phenolic OH excluding ortho intramolecular Hbond substituents is 1. The summed E-state index contributed by atoms with van der Waals surface area (Å²) in [6.07, 6.45) is 1.40. The SMILES string of the molecule is Cc1ccc(-n2c(SCC(=O)NN=Cc3cc(I)cc(I)c3O)nc3ccccc3c2=O)cc1. The molecule has 0 aliphatic heterocycles. The van der Waals surface area contributed by atoms with Crippen LogP contribution in [0.5, 0.6) is 5.75 Å². The van der Waals surface area contributed by atoms with Crippen LogP contribution >= 0.6 is 56.9 Å². The van der Waals surface area contributed by atoms with E-state index in [0.29, 0.717) is 30.9 Å². The Kier molecular flexibility index (Phi) is 7.88. The van der Waals surface area contributed by atoms with Crippen LogP contribution in [0.4, 0.5) is 0 Å². The van der Waals surface area contributed by atoms with Crippen LogP contribution in [0, 0.1) is 14.1 Å². The van der Waals surface area contributed by atoms with Crippen molar-refractivity contribution in [3.8, 4) is 11.4 Å². The fraction of sp³-hybridized carbons (Fsp3) is 0.0833. The average molecular weight is 696 g/mol. The van der Waals surface area contributed by atoms with Gasteiger partial charge in [-0.15, -0.1) is 0 Å². The molecular formula is C24H18I2N4O3S. The Morgan fingerprint density at radius 1 is 1.18 bits per heavy atom. The Labute approximate surface area is 227 Å². The zero-order chi connectivity index (χ0) is 24.2. The molecule has 172 valence electrons. The van der Waals surface area contributed by atoms with Crippen LogP contribution in [0.25, 0.3) is 16.6 Å². The quantitative estimate of drug-likeness (QED) is 0.0989. The molecule has 0 aliphatic rings. The summed E-state index contributed by atoms with van der Waals surface area (Å²) in [4.78, 5) is 30.3. The van der Waals surface area contributed by atoms with E-state index in [0.717, 1.165) is 20.9 Å². The molecule has 0 bridgehead atoms. The second kappa shape index (κ2) is 10.9. The van der Waals surface area contributed by atoms with E-state index in [4.69, 9.17) is 0 Å². The van der Waals surface area contributed by atoms with E-state index in [1.54, 1.807) is 24.3 Å². The maximum atomic E-state index is 13.3. The molecule has 0 spiro atoms. The highest BCUT2D eigenvalue weighted by atomic mass is 127. The van der Waals surface area contributed by atoms with Gasteiger partial charge in [-0.2, -0.15) is 5.10 Å². The lowest BCUT2D eigenvalue weighted by Crippen LogP contribution is -2.24. The number of rotatable bonds is 6. The first-order chi connectivity index (χ1) is 16.3. The maximum Gasteiger partial charge on any atom is 0.266 e. The molecular weight excluding hydrogens is 678 g/mol. The molecule has 7 nitrogen and oxygen atoms in total. The van der Waals surface area contributed by atoms with E-state index >= 15 is 0 Å². The largest absolute Gasteiger partial charge is 0.506 e. The van der Waals surface area contributed by atoms with E-state index in [1.807, 2.05) is 65.9 Å². The van der Waals surface area contributed by atoms with Crippen molar-refractivity contribution in [2.45, 2.75) is 12.1 Å². The van der Waals surface area contributed by atoms with Crippen LogP contribution < -0.4 is 11.0 Å². The van der Waals surface area contributed by atoms with Crippen molar-refractivity contribution in [1.29, 1.82) is 0 Å². The van der Waals surface area contributed by atoms with Gasteiger partial charge in [0.2, 0.25) is 0 Å². The fourth-order valence-corrected chi connectivity index (χ4v) is 5.85. The van der Waals surface area contributed by atoms with Gasteiger partial charge in [0.25, 0.3) is 11.5 Å². The molecule has 0 radical (unpaired) electrons. The average Bonchev–Trinajstić information content (AvgIpc) is 2.82. The molecule has 1 heterocycles. The third-order valence-electron chi connectivity index (χ3n) is 4.82. The molecule has 3 aromatic carbocycles. The number of aryl methyl sites for hydroxylation is 1. The standard InChI is InChI=1S/C24H18I2N4O3S/c1-14-6-8-17(9-7-14)30-23(33)18-4-2-3-5-20(18)28-24(30)34-13-21(31)29-27-12-15-10-16(25)11-19(26)22(15)32/h2-12,32H,13H2,1H3,(H,29,31). The van der Waals surface area contributed by atoms with Gasteiger partial charge < -0.3 is 5.11 Å². The van der Waals surface area contributed by atoms with E-state index in [-0.39, 0.29) is 23.0 Å². The molecule has 10 heteroatoms. The van der Waals surface area contributed by atoms with Crippen LogP contribution in [0.3, 0.4) is 0 Å². The van der Waals surface area contributed by atoms with Crippen molar-refractivity contribution in [2.24, 2.45) is 5.10 Å². The number of para-hydroxylation sites is 1. The molecule has 0 fully saturated rings. The Balaban J connectivity index is 1.56. The maximum absolute atomic E-state index is 13.3. The Morgan fingerprint density at radius 2 is 1.91 bits per heavy atom. The van der Waals surface area contributed by atoms with Gasteiger partial charge in [-0.25, -0.2) is 10.4 Å². The topological polar surface area (TPSA) is 96.6 Å². The highest BCUT2D eigenvalue weighted by Gasteiger charge is 2.15. The molecule has 0 saturated carbocycles. The number of amides is 1. The number of carbonyl (C=O) groups excluding carboxylic acids is 1. The predicted molar refractivity (Wildman–Crippen MR) is 152 cm³/mol. The summed E-state index contributed by atoms with van der Waals surface area (Å²) in [5, 5.41) is 15.0. The lowest BCUT2D eigenvalue weighted by Gasteiger charge is -2.13. The van der Waals surface area contributed by atoms with Gasteiger partial charge in [-0.05, 0) is 88.5 Å². The highest BCUT2D eigenvalue weighted by Crippen LogP contribution is 2.26. The van der Waals surface area contributed by atoms with Crippen molar-refractivity contribution < 1.29 is 9.90 Å². The molecule has 2 N–H and O–H groups in total. The summed E-state index contributed by atoms with van der Waals surface area (Å²) >= 11 is 5.34.